The van der Waals surface area contributed by atoms with Gasteiger partial charge in [-0.25, -0.2) is 9.37 Å². The van der Waals surface area contributed by atoms with Crippen LogP contribution < -0.4 is 5.73 Å². The summed E-state index contributed by atoms with van der Waals surface area (Å²) >= 11 is 5.67. The van der Waals surface area contributed by atoms with Gasteiger partial charge in [0.2, 0.25) is 5.89 Å². The lowest BCUT2D eigenvalue weighted by molar-refractivity contribution is 0.572. The van der Waals surface area contributed by atoms with Crippen LogP contribution >= 0.6 is 11.6 Å². The second-order valence-corrected chi connectivity index (χ2v) is 3.72. The Labute approximate surface area is 97.0 Å². The van der Waals surface area contributed by atoms with Crippen LogP contribution in [0.3, 0.4) is 0 Å². The number of nitrogens with two attached hydrogens (primary N) is 1. The minimum atomic E-state index is -0.459. The summed E-state index contributed by atoms with van der Waals surface area (Å²) in [6, 6.07) is 4.33. The number of benzene rings is 1. The summed E-state index contributed by atoms with van der Waals surface area (Å²) in [5.74, 6) is -0.0375. The van der Waals surface area contributed by atoms with E-state index in [1.54, 1.807) is 12.3 Å². The Kier molecular flexibility index (Phi) is 3.22. The summed E-state index contributed by atoms with van der Waals surface area (Å²) < 4.78 is 18.2. The molecule has 3 nitrogen and oxygen atoms in total. The van der Waals surface area contributed by atoms with Crippen molar-refractivity contribution >= 4 is 11.6 Å². The van der Waals surface area contributed by atoms with Crippen LogP contribution in [0.15, 0.2) is 28.9 Å². The third kappa shape index (κ3) is 2.23. The van der Waals surface area contributed by atoms with Crippen molar-refractivity contribution in [2.75, 3.05) is 6.54 Å². The monoisotopic (exact) mass is 240 g/mol. The highest BCUT2D eigenvalue weighted by molar-refractivity contribution is 6.31. The first-order valence-corrected chi connectivity index (χ1v) is 5.18. The highest BCUT2D eigenvalue weighted by atomic mass is 35.5. The second kappa shape index (κ2) is 4.63. The van der Waals surface area contributed by atoms with Gasteiger partial charge in [0.15, 0.2) is 0 Å². The van der Waals surface area contributed by atoms with E-state index >= 15 is 0 Å². The second-order valence-electron chi connectivity index (χ2n) is 3.31. The van der Waals surface area contributed by atoms with Crippen LogP contribution in [0.4, 0.5) is 4.39 Å². The summed E-state index contributed by atoms with van der Waals surface area (Å²) in [7, 11) is 0. The molecule has 0 aliphatic carbocycles. The molecule has 0 aliphatic rings. The number of rotatable bonds is 3. The lowest BCUT2D eigenvalue weighted by atomic mass is 10.2. The maximum absolute atomic E-state index is 12.9. The van der Waals surface area contributed by atoms with Gasteiger partial charge in [0.25, 0.3) is 0 Å². The first-order valence-electron chi connectivity index (χ1n) is 4.80. The van der Waals surface area contributed by atoms with E-state index in [0.717, 1.165) is 5.69 Å². The number of halogens is 2. The molecule has 0 bridgehead atoms. The molecule has 1 aromatic carbocycles. The van der Waals surface area contributed by atoms with Gasteiger partial charge in [-0.3, -0.25) is 0 Å². The zero-order chi connectivity index (χ0) is 11.5. The Morgan fingerprint density at radius 1 is 1.44 bits per heavy atom. The Morgan fingerprint density at radius 2 is 2.25 bits per heavy atom. The minimum Gasteiger partial charge on any atom is -0.444 e. The molecule has 0 radical (unpaired) electrons. The van der Waals surface area contributed by atoms with E-state index in [1.165, 1.54) is 12.1 Å². The van der Waals surface area contributed by atoms with Crippen LogP contribution in [-0.2, 0) is 6.42 Å². The Morgan fingerprint density at radius 3 is 2.94 bits per heavy atom. The molecular weight excluding hydrogens is 231 g/mol. The fourth-order valence-corrected chi connectivity index (χ4v) is 1.51. The number of aromatic nitrogens is 1. The quantitative estimate of drug-likeness (QED) is 0.897. The first-order chi connectivity index (χ1) is 7.70. The summed E-state index contributed by atoms with van der Waals surface area (Å²) in [5.41, 5.74) is 6.82. The van der Waals surface area contributed by atoms with E-state index in [-0.39, 0.29) is 5.02 Å². The van der Waals surface area contributed by atoms with Crippen molar-refractivity contribution in [3.63, 3.8) is 0 Å². The van der Waals surface area contributed by atoms with Gasteiger partial charge in [-0.1, -0.05) is 11.6 Å². The number of hydrogen-bond acceptors (Lipinski definition) is 3. The predicted octanol–water partition coefficient (Wildman–Crippen LogP) is 2.64. The zero-order valence-electron chi connectivity index (χ0n) is 8.41. The summed E-state index contributed by atoms with van der Waals surface area (Å²) in [4.78, 5) is 4.21. The first kappa shape index (κ1) is 11.1. The molecule has 0 saturated heterocycles. The van der Waals surface area contributed by atoms with Crippen molar-refractivity contribution in [2.45, 2.75) is 6.42 Å². The van der Waals surface area contributed by atoms with Crippen molar-refractivity contribution in [1.29, 1.82) is 0 Å². The maximum atomic E-state index is 12.9. The molecular formula is C11H10ClFN2O. The van der Waals surface area contributed by atoms with Gasteiger partial charge in [0.1, 0.15) is 12.1 Å². The van der Waals surface area contributed by atoms with E-state index in [9.17, 15) is 4.39 Å². The molecule has 0 spiro atoms. The SMILES string of the molecule is NCCc1coc(-c2ccc(F)c(Cl)c2)n1. The molecule has 5 heteroatoms. The largest absolute Gasteiger partial charge is 0.444 e. The fourth-order valence-electron chi connectivity index (χ4n) is 1.33. The van der Waals surface area contributed by atoms with Gasteiger partial charge in [0.05, 0.1) is 10.7 Å². The number of oxazole rings is 1. The minimum absolute atomic E-state index is 0.0519. The highest BCUT2D eigenvalue weighted by Crippen LogP contribution is 2.24. The van der Waals surface area contributed by atoms with Crippen LogP contribution in [-0.4, -0.2) is 11.5 Å². The molecule has 2 N–H and O–H groups in total. The molecule has 0 unspecified atom stereocenters. The average molecular weight is 241 g/mol. The molecule has 0 amide bonds. The lowest BCUT2D eigenvalue weighted by Gasteiger charge is -1.97. The van der Waals surface area contributed by atoms with E-state index in [0.29, 0.717) is 24.4 Å². The average Bonchev–Trinajstić information content (AvgIpc) is 2.71. The van der Waals surface area contributed by atoms with Crippen molar-refractivity contribution in [3.8, 4) is 11.5 Å². The molecule has 0 atom stereocenters. The fraction of sp³-hybridized carbons (Fsp3) is 0.182. The van der Waals surface area contributed by atoms with Crippen LogP contribution in [0.5, 0.6) is 0 Å². The van der Waals surface area contributed by atoms with Gasteiger partial charge in [-0.05, 0) is 24.7 Å². The Bertz CT molecular complexity index is 498. The molecule has 2 rings (SSSR count). The summed E-state index contributed by atoms with van der Waals surface area (Å²) in [6.07, 6.45) is 2.19. The van der Waals surface area contributed by atoms with E-state index in [1.807, 2.05) is 0 Å². The van der Waals surface area contributed by atoms with Crippen molar-refractivity contribution in [3.05, 3.63) is 41.0 Å². The smallest absolute Gasteiger partial charge is 0.226 e. The summed E-state index contributed by atoms with van der Waals surface area (Å²) in [5, 5.41) is 0.0519. The van der Waals surface area contributed by atoms with Gasteiger partial charge in [-0.15, -0.1) is 0 Å². The lowest BCUT2D eigenvalue weighted by Crippen LogP contribution is -2.02. The van der Waals surface area contributed by atoms with E-state index in [4.69, 9.17) is 21.8 Å². The van der Waals surface area contributed by atoms with Gasteiger partial charge in [-0.2, -0.15) is 0 Å². The van der Waals surface area contributed by atoms with Gasteiger partial charge in [0, 0.05) is 12.0 Å². The van der Waals surface area contributed by atoms with E-state index in [2.05, 4.69) is 4.98 Å². The molecule has 1 heterocycles. The predicted molar refractivity (Wildman–Crippen MR) is 59.7 cm³/mol. The highest BCUT2D eigenvalue weighted by Gasteiger charge is 2.08. The Balaban J connectivity index is 2.31. The van der Waals surface area contributed by atoms with Crippen LogP contribution in [0.1, 0.15) is 5.69 Å². The molecule has 0 saturated carbocycles. The molecule has 0 aliphatic heterocycles. The third-order valence-electron chi connectivity index (χ3n) is 2.12. The van der Waals surface area contributed by atoms with Crippen LogP contribution in [0, 0.1) is 5.82 Å². The van der Waals surface area contributed by atoms with Gasteiger partial charge >= 0.3 is 0 Å². The van der Waals surface area contributed by atoms with Crippen molar-refractivity contribution in [2.24, 2.45) is 5.73 Å². The number of hydrogen-bond donors (Lipinski definition) is 1. The third-order valence-corrected chi connectivity index (χ3v) is 2.41. The maximum Gasteiger partial charge on any atom is 0.226 e. The molecule has 84 valence electrons. The molecule has 2 aromatic rings. The molecule has 1 aromatic heterocycles. The van der Waals surface area contributed by atoms with Crippen LogP contribution in [0.2, 0.25) is 5.02 Å². The normalized spacial score (nSPS) is 10.7. The van der Waals surface area contributed by atoms with Crippen LogP contribution in [0.25, 0.3) is 11.5 Å². The Hall–Kier alpha value is -1.39. The number of nitrogens with zero attached hydrogens (tertiary/aromatic N) is 1. The molecule has 0 fully saturated rings. The molecule has 16 heavy (non-hydrogen) atoms. The van der Waals surface area contributed by atoms with Gasteiger partial charge < -0.3 is 10.2 Å². The topological polar surface area (TPSA) is 52.0 Å². The standard InChI is InChI=1S/C11H10ClFN2O/c12-9-5-7(1-2-10(9)13)11-15-8(3-4-14)6-16-11/h1-2,5-6H,3-4,14H2. The van der Waals surface area contributed by atoms with Crippen molar-refractivity contribution in [1.82, 2.24) is 4.98 Å². The van der Waals surface area contributed by atoms with E-state index < -0.39 is 5.82 Å². The summed E-state index contributed by atoms with van der Waals surface area (Å²) in [6.45, 7) is 0.510. The van der Waals surface area contributed by atoms with Crippen molar-refractivity contribution < 1.29 is 8.81 Å². The zero-order valence-corrected chi connectivity index (χ0v) is 9.17.